The number of carbonyl (C=O) groups is 1. The van der Waals surface area contributed by atoms with Gasteiger partial charge >= 0.3 is 6.09 Å². The van der Waals surface area contributed by atoms with Gasteiger partial charge in [0.1, 0.15) is 11.9 Å². The molecule has 3 fully saturated rings. The Labute approximate surface area is 196 Å². The summed E-state index contributed by atoms with van der Waals surface area (Å²) in [5.74, 6) is 1.30. The Hall–Kier alpha value is -3.04. The van der Waals surface area contributed by atoms with Crippen LogP contribution < -0.4 is 10.1 Å². The van der Waals surface area contributed by atoms with Gasteiger partial charge < -0.3 is 14.8 Å². The number of unbranched alkanes of at least 4 members (excludes halogenated alkanes) is 1. The lowest BCUT2D eigenvalue weighted by Crippen LogP contribution is -2.53. The van der Waals surface area contributed by atoms with Crippen molar-refractivity contribution in [1.82, 2.24) is 10.2 Å². The Morgan fingerprint density at radius 1 is 1.09 bits per heavy atom. The van der Waals surface area contributed by atoms with E-state index in [-0.39, 0.29) is 12.2 Å². The lowest BCUT2D eigenvalue weighted by molar-refractivity contribution is -0.0349. The first-order valence-electron chi connectivity index (χ1n) is 11.9. The van der Waals surface area contributed by atoms with Crippen LogP contribution in [0.15, 0.2) is 48.5 Å². The molecule has 3 heterocycles. The summed E-state index contributed by atoms with van der Waals surface area (Å²) < 4.78 is 11.5. The van der Waals surface area contributed by atoms with E-state index in [9.17, 15) is 4.79 Å². The molecule has 1 N–H and O–H groups in total. The van der Waals surface area contributed by atoms with Gasteiger partial charge in [-0.1, -0.05) is 36.4 Å². The minimum absolute atomic E-state index is 0.00368. The molecule has 174 valence electrons. The van der Waals surface area contributed by atoms with E-state index in [4.69, 9.17) is 14.7 Å². The minimum atomic E-state index is -0.537. The summed E-state index contributed by atoms with van der Waals surface area (Å²) in [6.45, 7) is 7.66. The van der Waals surface area contributed by atoms with Crippen LogP contribution in [0.2, 0.25) is 0 Å². The average Bonchev–Trinajstić information content (AvgIpc) is 2.83. The molecule has 6 heteroatoms. The molecule has 0 aliphatic carbocycles. The lowest BCUT2D eigenvalue weighted by Gasteiger charge is -2.44. The molecule has 1 unspecified atom stereocenters. The normalized spacial score (nSPS) is 21.8. The van der Waals surface area contributed by atoms with Crippen LogP contribution in [0, 0.1) is 17.2 Å². The molecule has 1 atom stereocenters. The zero-order valence-electron chi connectivity index (χ0n) is 19.5. The van der Waals surface area contributed by atoms with Crippen LogP contribution in [0.3, 0.4) is 0 Å². The molecular weight excluding hydrogens is 414 g/mol. The average molecular weight is 448 g/mol. The van der Waals surface area contributed by atoms with Crippen LogP contribution in [-0.2, 0) is 10.3 Å². The van der Waals surface area contributed by atoms with E-state index in [1.807, 2.05) is 38.1 Å². The molecule has 3 saturated heterocycles. The summed E-state index contributed by atoms with van der Waals surface area (Å²) in [4.78, 5) is 15.0. The summed E-state index contributed by atoms with van der Waals surface area (Å²) >= 11 is 0. The summed E-state index contributed by atoms with van der Waals surface area (Å²) in [5, 5.41) is 11.6. The predicted molar refractivity (Wildman–Crippen MR) is 128 cm³/mol. The van der Waals surface area contributed by atoms with Gasteiger partial charge in [0.2, 0.25) is 0 Å². The van der Waals surface area contributed by atoms with E-state index in [2.05, 4.69) is 40.6 Å². The second-order valence-electron chi connectivity index (χ2n) is 9.54. The number of fused-ring (bicyclic) bond motifs is 3. The minimum Gasteiger partial charge on any atom is -0.494 e. The number of nitriles is 1. The van der Waals surface area contributed by atoms with Crippen LogP contribution >= 0.6 is 0 Å². The van der Waals surface area contributed by atoms with E-state index < -0.39 is 5.54 Å². The molecule has 5 rings (SSSR count). The smallest absolute Gasteiger partial charge is 0.408 e. The third-order valence-corrected chi connectivity index (χ3v) is 6.77. The van der Waals surface area contributed by atoms with E-state index in [0.717, 1.165) is 61.3 Å². The second-order valence-corrected chi connectivity index (χ2v) is 9.54. The van der Waals surface area contributed by atoms with Crippen molar-refractivity contribution in [3.8, 4) is 22.9 Å². The number of hydrogen-bond acceptors (Lipinski definition) is 5. The fourth-order valence-electron chi connectivity index (χ4n) is 4.70. The quantitative estimate of drug-likeness (QED) is 0.571. The Morgan fingerprint density at radius 2 is 1.73 bits per heavy atom. The zero-order chi connectivity index (χ0) is 23.3. The Balaban J connectivity index is 1.32. The van der Waals surface area contributed by atoms with E-state index in [1.165, 1.54) is 0 Å². The highest BCUT2D eigenvalue weighted by atomic mass is 16.6. The number of piperidine rings is 3. The number of alkyl carbamates (subject to hydrolysis) is 1. The van der Waals surface area contributed by atoms with Gasteiger partial charge in [0, 0.05) is 13.0 Å². The summed E-state index contributed by atoms with van der Waals surface area (Å²) in [7, 11) is 0. The number of nitrogens with one attached hydrogen (secondary N) is 1. The van der Waals surface area contributed by atoms with Gasteiger partial charge in [0.15, 0.2) is 0 Å². The summed E-state index contributed by atoms with van der Waals surface area (Å²) in [6, 6.07) is 18.3. The highest BCUT2D eigenvalue weighted by Crippen LogP contribution is 2.30. The van der Waals surface area contributed by atoms with Gasteiger partial charge in [-0.05, 0) is 80.9 Å². The summed E-state index contributed by atoms with van der Waals surface area (Å²) in [5.41, 5.74) is 2.68. The Bertz CT molecular complexity index is 971. The highest BCUT2D eigenvalue weighted by molar-refractivity contribution is 5.69. The van der Waals surface area contributed by atoms with Crippen LogP contribution in [0.25, 0.3) is 11.1 Å². The Kier molecular flexibility index (Phi) is 7.20. The first kappa shape index (κ1) is 23.1. The fourth-order valence-corrected chi connectivity index (χ4v) is 4.70. The fraction of sp³-hybridized carbons (Fsp3) is 0.481. The standard InChI is InChI=1S/C27H33N3O3/c1-27(2,29-26(31)33-25-19-30-16-13-22(25)14-17-30)23-9-5-20(6-10-23)21-7-11-24(12-8-21)32-18-4-3-15-28/h5-12,22,25H,3-4,13-14,16-19H2,1-2H3,(H,29,31). The third-order valence-electron chi connectivity index (χ3n) is 6.77. The maximum Gasteiger partial charge on any atom is 0.408 e. The SMILES string of the molecule is CC(C)(NC(=O)OC1CN2CCC1CC2)c1ccc(-c2ccc(OCCCC#N)cc2)cc1. The van der Waals surface area contributed by atoms with Crippen molar-refractivity contribution in [3.63, 3.8) is 0 Å². The molecule has 0 spiro atoms. The van der Waals surface area contributed by atoms with Gasteiger partial charge in [-0.15, -0.1) is 0 Å². The number of benzene rings is 2. The van der Waals surface area contributed by atoms with E-state index >= 15 is 0 Å². The van der Waals surface area contributed by atoms with Crippen LogP contribution in [0.4, 0.5) is 4.79 Å². The topological polar surface area (TPSA) is 74.6 Å². The van der Waals surface area contributed by atoms with Crippen molar-refractivity contribution >= 4 is 6.09 Å². The largest absolute Gasteiger partial charge is 0.494 e. The van der Waals surface area contributed by atoms with Gasteiger partial charge in [0.25, 0.3) is 0 Å². The molecule has 6 nitrogen and oxygen atoms in total. The van der Waals surface area contributed by atoms with Crippen molar-refractivity contribution in [2.75, 3.05) is 26.2 Å². The van der Waals surface area contributed by atoms with Gasteiger partial charge in [-0.3, -0.25) is 4.90 Å². The first-order valence-corrected chi connectivity index (χ1v) is 11.9. The molecule has 33 heavy (non-hydrogen) atoms. The number of carbonyl (C=O) groups excluding carboxylic acids is 1. The maximum absolute atomic E-state index is 12.6. The molecule has 2 aromatic carbocycles. The maximum atomic E-state index is 12.6. The molecule has 1 amide bonds. The number of rotatable bonds is 8. The van der Waals surface area contributed by atoms with Crippen molar-refractivity contribution in [2.24, 2.45) is 5.92 Å². The lowest BCUT2D eigenvalue weighted by atomic mass is 9.86. The van der Waals surface area contributed by atoms with Crippen molar-refractivity contribution in [3.05, 3.63) is 54.1 Å². The number of nitrogens with zero attached hydrogens (tertiary/aromatic N) is 2. The Morgan fingerprint density at radius 3 is 2.30 bits per heavy atom. The molecular formula is C27H33N3O3. The van der Waals surface area contributed by atoms with Crippen molar-refractivity contribution in [2.45, 2.75) is 51.2 Å². The van der Waals surface area contributed by atoms with Crippen LogP contribution in [0.5, 0.6) is 5.75 Å². The predicted octanol–water partition coefficient (Wildman–Crippen LogP) is 5.09. The molecule has 0 saturated carbocycles. The van der Waals surface area contributed by atoms with Crippen molar-refractivity contribution < 1.29 is 14.3 Å². The molecule has 2 bridgehead atoms. The van der Waals surface area contributed by atoms with Gasteiger partial charge in [0.05, 0.1) is 18.2 Å². The highest BCUT2D eigenvalue weighted by Gasteiger charge is 2.37. The molecule has 3 aliphatic rings. The van der Waals surface area contributed by atoms with Gasteiger partial charge in [-0.2, -0.15) is 5.26 Å². The van der Waals surface area contributed by atoms with E-state index in [0.29, 0.717) is 18.9 Å². The van der Waals surface area contributed by atoms with Gasteiger partial charge in [-0.25, -0.2) is 4.79 Å². The van der Waals surface area contributed by atoms with Crippen LogP contribution in [-0.4, -0.2) is 43.3 Å². The van der Waals surface area contributed by atoms with Crippen LogP contribution in [0.1, 0.15) is 45.1 Å². The monoisotopic (exact) mass is 447 g/mol. The molecule has 0 radical (unpaired) electrons. The molecule has 3 aliphatic heterocycles. The third kappa shape index (κ3) is 5.85. The van der Waals surface area contributed by atoms with Crippen molar-refractivity contribution in [1.29, 1.82) is 5.26 Å². The number of hydrogen-bond donors (Lipinski definition) is 1. The van der Waals surface area contributed by atoms with E-state index in [1.54, 1.807) is 0 Å². The zero-order valence-corrected chi connectivity index (χ0v) is 19.5. The first-order chi connectivity index (χ1) is 15.9. The number of amides is 1. The summed E-state index contributed by atoms with van der Waals surface area (Å²) in [6.07, 6.45) is 3.15. The molecule has 0 aromatic heterocycles. The molecule has 2 aromatic rings. The number of ether oxygens (including phenoxy) is 2. The second kappa shape index (κ2) is 10.3.